The zero-order chi connectivity index (χ0) is 13.6. The van der Waals surface area contributed by atoms with Gasteiger partial charge in [-0.3, -0.25) is 16.5 Å². The van der Waals surface area contributed by atoms with Crippen molar-refractivity contribution >= 4 is 48.9 Å². The average molecular weight is 330 g/mol. The van der Waals surface area contributed by atoms with E-state index in [4.69, 9.17) is 23.2 Å². The van der Waals surface area contributed by atoms with Crippen LogP contribution in [-0.4, -0.2) is 13.3 Å². The van der Waals surface area contributed by atoms with Gasteiger partial charge in [-0.25, -0.2) is 0 Å². The summed E-state index contributed by atoms with van der Waals surface area (Å²) in [6.45, 7) is 6.74. The van der Waals surface area contributed by atoms with Crippen molar-refractivity contribution in [2.75, 3.05) is 0 Å². The van der Waals surface area contributed by atoms with Crippen LogP contribution in [0, 0.1) is 0 Å². The molecule has 1 rings (SSSR count). The Bertz CT molecular complexity index is 394. The predicted octanol–water partition coefficient (Wildman–Crippen LogP) is 3.38. The van der Waals surface area contributed by atoms with E-state index in [0.29, 0.717) is 10.6 Å². The van der Waals surface area contributed by atoms with Crippen molar-refractivity contribution in [1.82, 2.24) is 0 Å². The van der Waals surface area contributed by atoms with E-state index in [0.717, 1.165) is 11.6 Å². The van der Waals surface area contributed by atoms with Crippen LogP contribution in [0.25, 0.3) is 0 Å². The highest BCUT2D eigenvalue weighted by atomic mass is 35.5. The summed E-state index contributed by atoms with van der Waals surface area (Å²) in [6, 6.07) is 6.16. The number of hydrazine groups is 1. The van der Waals surface area contributed by atoms with E-state index in [-0.39, 0.29) is 12.4 Å². The Morgan fingerprint density at radius 1 is 1.28 bits per heavy atom. The van der Waals surface area contributed by atoms with Crippen LogP contribution in [0.5, 0.6) is 0 Å². The highest BCUT2D eigenvalue weighted by Gasteiger charge is 2.18. The molecule has 0 aliphatic heterocycles. The number of hydrogen-bond donors (Lipinski definition) is 2. The van der Waals surface area contributed by atoms with Gasteiger partial charge in [-0.15, -0.1) is 12.4 Å². The molecule has 4 N–H and O–H groups in total. The third kappa shape index (κ3) is 7.36. The van der Waals surface area contributed by atoms with Gasteiger partial charge in [0.15, 0.2) is 0 Å². The Balaban J connectivity index is 0. The molecular formula is C11H19Cl3N2OSi. The summed E-state index contributed by atoms with van der Waals surface area (Å²) in [5.41, 5.74) is 1.56. The molecule has 0 spiro atoms. The average Bonchev–Trinajstić information content (AvgIpc) is 2.17. The third-order valence-corrected chi connectivity index (χ3v) is 3.88. The summed E-state index contributed by atoms with van der Waals surface area (Å²) in [4.78, 5) is 11.2. The fourth-order valence-electron chi connectivity index (χ4n) is 1.47. The van der Waals surface area contributed by atoms with Crippen molar-refractivity contribution in [2.24, 2.45) is 11.7 Å². The first kappa shape index (κ1) is 20.2. The van der Waals surface area contributed by atoms with E-state index in [1.165, 1.54) is 0 Å². The minimum atomic E-state index is -1.27. The van der Waals surface area contributed by atoms with Crippen molar-refractivity contribution in [2.45, 2.75) is 25.7 Å². The van der Waals surface area contributed by atoms with Crippen LogP contribution < -0.4 is 11.7 Å². The second kappa shape index (κ2) is 8.91. The number of benzene rings is 1. The quantitative estimate of drug-likeness (QED) is 0.386. The minimum absolute atomic E-state index is 0. The lowest BCUT2D eigenvalue weighted by atomic mass is 10.1. The van der Waals surface area contributed by atoms with Crippen LogP contribution in [0.2, 0.25) is 24.7 Å². The number of carbonyl (C=O) groups excluding carboxylic acids is 1. The fraction of sp³-hybridized carbons (Fsp3) is 0.364. The second-order valence-electron chi connectivity index (χ2n) is 4.81. The van der Waals surface area contributed by atoms with E-state index in [1.807, 2.05) is 6.07 Å². The molecule has 0 heterocycles. The van der Waals surface area contributed by atoms with Gasteiger partial charge < -0.3 is 0 Å². The van der Waals surface area contributed by atoms with E-state index in [2.05, 4.69) is 31.3 Å². The topological polar surface area (TPSA) is 69.1 Å². The predicted molar refractivity (Wildman–Crippen MR) is 84.3 cm³/mol. The normalized spacial score (nSPS) is 9.94. The molecule has 1 aromatic carbocycles. The van der Waals surface area contributed by atoms with Gasteiger partial charge in [-0.2, -0.15) is 0 Å². The maximum absolute atomic E-state index is 11.2. The number of nitrogens with two attached hydrogens (primary N) is 2. The summed E-state index contributed by atoms with van der Waals surface area (Å²) in [6.07, 6.45) is 0. The number of halogens is 3. The first-order valence-electron chi connectivity index (χ1n) is 5.11. The molecule has 0 amide bonds. The molecular weight excluding hydrogens is 311 g/mol. The molecule has 18 heavy (non-hydrogen) atoms. The number of rotatable bonds is 3. The van der Waals surface area contributed by atoms with Gasteiger partial charge in [0.2, 0.25) is 0 Å². The molecule has 0 unspecified atom stereocenters. The molecule has 0 aliphatic rings. The van der Waals surface area contributed by atoms with Crippen molar-refractivity contribution in [3.05, 3.63) is 34.3 Å². The van der Waals surface area contributed by atoms with Crippen LogP contribution >= 0.6 is 35.6 Å². The summed E-state index contributed by atoms with van der Waals surface area (Å²) in [5, 5.41) is 0.254. The lowest BCUT2D eigenvalue weighted by Gasteiger charge is -2.17. The van der Waals surface area contributed by atoms with E-state index in [9.17, 15) is 4.79 Å². The van der Waals surface area contributed by atoms with Crippen molar-refractivity contribution in [3.63, 3.8) is 0 Å². The Labute approximate surface area is 125 Å². The van der Waals surface area contributed by atoms with E-state index in [1.54, 1.807) is 12.1 Å². The molecule has 0 atom stereocenters. The van der Waals surface area contributed by atoms with Gasteiger partial charge in [0.05, 0.1) is 0 Å². The zero-order valence-corrected chi connectivity index (χ0v) is 14.0. The SMILES string of the molecule is C[Si](C)(C)Cc1cc(Cl)ccc1C(=O)Cl.Cl.NN. The molecule has 0 radical (unpaired) electrons. The van der Waals surface area contributed by atoms with Crippen LogP contribution in [0.15, 0.2) is 18.2 Å². The standard InChI is InChI=1S/C11H14Cl2OSi.ClH.H4N2/c1-15(2,3)7-8-6-9(12)4-5-10(8)11(13)14;;1-2/h4-6H,7H2,1-3H3;1H;1-2H2. The Hall–Kier alpha value is -0.103. The molecule has 7 heteroatoms. The van der Waals surface area contributed by atoms with Crippen LogP contribution in [0.3, 0.4) is 0 Å². The van der Waals surface area contributed by atoms with E-state index >= 15 is 0 Å². The minimum Gasteiger partial charge on any atom is -0.276 e. The summed E-state index contributed by atoms with van der Waals surface area (Å²) in [7, 11) is -1.27. The van der Waals surface area contributed by atoms with E-state index < -0.39 is 13.3 Å². The highest BCUT2D eigenvalue weighted by molar-refractivity contribution is 6.75. The second-order valence-corrected chi connectivity index (χ2v) is 11.1. The van der Waals surface area contributed by atoms with Crippen LogP contribution in [-0.2, 0) is 6.04 Å². The van der Waals surface area contributed by atoms with Gasteiger partial charge in [0.25, 0.3) is 5.24 Å². The largest absolute Gasteiger partial charge is 0.276 e. The smallest absolute Gasteiger partial charge is 0.252 e. The van der Waals surface area contributed by atoms with Crippen molar-refractivity contribution < 1.29 is 4.79 Å². The van der Waals surface area contributed by atoms with Crippen LogP contribution in [0.1, 0.15) is 15.9 Å². The van der Waals surface area contributed by atoms with Gasteiger partial charge in [-0.1, -0.05) is 31.2 Å². The first-order chi connectivity index (χ1) is 7.79. The molecule has 0 saturated heterocycles. The summed E-state index contributed by atoms with van der Waals surface area (Å²) < 4.78 is 0. The van der Waals surface area contributed by atoms with Gasteiger partial charge in [0.1, 0.15) is 0 Å². The molecule has 0 bridgehead atoms. The Morgan fingerprint density at radius 2 is 1.78 bits per heavy atom. The summed E-state index contributed by atoms with van der Waals surface area (Å²) in [5.74, 6) is 8.00. The van der Waals surface area contributed by atoms with Gasteiger partial charge >= 0.3 is 0 Å². The number of hydrogen-bond acceptors (Lipinski definition) is 3. The molecule has 0 aromatic heterocycles. The zero-order valence-electron chi connectivity index (χ0n) is 10.7. The molecule has 0 fully saturated rings. The lowest BCUT2D eigenvalue weighted by Crippen LogP contribution is -2.25. The monoisotopic (exact) mass is 328 g/mol. The van der Waals surface area contributed by atoms with Crippen molar-refractivity contribution in [1.29, 1.82) is 0 Å². The molecule has 0 aliphatic carbocycles. The maximum atomic E-state index is 11.2. The maximum Gasteiger partial charge on any atom is 0.252 e. The molecule has 3 nitrogen and oxygen atoms in total. The molecule has 104 valence electrons. The first-order valence-corrected chi connectivity index (χ1v) is 9.57. The summed E-state index contributed by atoms with van der Waals surface area (Å²) >= 11 is 11.4. The fourth-order valence-corrected chi connectivity index (χ4v) is 3.29. The third-order valence-electron chi connectivity index (χ3n) is 2.00. The van der Waals surface area contributed by atoms with Crippen LogP contribution in [0.4, 0.5) is 0 Å². The Kier molecular flexibility index (Phi) is 10.0. The Morgan fingerprint density at radius 3 is 2.17 bits per heavy atom. The lowest BCUT2D eigenvalue weighted by molar-refractivity contribution is 0.108. The van der Waals surface area contributed by atoms with Gasteiger partial charge in [-0.05, 0) is 41.4 Å². The molecule has 1 aromatic rings. The number of carbonyl (C=O) groups is 1. The highest BCUT2D eigenvalue weighted by Crippen LogP contribution is 2.21. The van der Waals surface area contributed by atoms with Crippen molar-refractivity contribution in [3.8, 4) is 0 Å². The van der Waals surface area contributed by atoms with Gasteiger partial charge in [0, 0.05) is 18.7 Å². The molecule has 0 saturated carbocycles.